The minimum atomic E-state index is 0.633. The molecule has 0 unspecified atom stereocenters. The van der Waals surface area contributed by atoms with Crippen LogP contribution >= 0.6 is 0 Å². The molecule has 0 saturated heterocycles. The maximum absolute atomic E-state index is 10.6. The third-order valence-electron chi connectivity index (χ3n) is 10.6. The fraction of sp³-hybridized carbons (Fsp3) is 0. The van der Waals surface area contributed by atoms with Gasteiger partial charge in [0.25, 0.3) is 0 Å². The second-order valence-electron chi connectivity index (χ2n) is 13.5. The third-order valence-corrected chi connectivity index (χ3v) is 10.6. The predicted molar refractivity (Wildman–Crippen MR) is 222 cm³/mol. The number of fused-ring (bicyclic) bond motifs is 5. The van der Waals surface area contributed by atoms with Crippen molar-refractivity contribution in [3.8, 4) is 56.3 Å². The van der Waals surface area contributed by atoms with Crippen LogP contribution in [-0.2, 0) is 0 Å². The first-order valence-electron chi connectivity index (χ1n) is 18.0. The highest BCUT2D eigenvalue weighted by atomic mass is 15.0. The Morgan fingerprint density at radius 2 is 0.774 bits per heavy atom. The summed E-state index contributed by atoms with van der Waals surface area (Å²) in [5, 5.41) is 17.9. The van der Waals surface area contributed by atoms with Crippen LogP contribution in [-0.4, -0.2) is 4.57 Å². The van der Waals surface area contributed by atoms with E-state index >= 15 is 0 Å². The number of nitriles is 1. The smallest absolute Gasteiger partial charge is 0.101 e. The molecule has 1 heterocycles. The maximum Gasteiger partial charge on any atom is 0.101 e. The highest BCUT2D eigenvalue weighted by Gasteiger charge is 2.19. The van der Waals surface area contributed by atoms with E-state index in [4.69, 9.17) is 0 Å². The van der Waals surface area contributed by atoms with E-state index in [-0.39, 0.29) is 0 Å². The number of aromatic nitrogens is 1. The number of para-hydroxylation sites is 2. The zero-order chi connectivity index (χ0) is 35.3. The Balaban J connectivity index is 1.13. The molecule has 1 aromatic heterocycles. The van der Waals surface area contributed by atoms with Gasteiger partial charge in [-0.25, -0.2) is 0 Å². The number of nitrogens with zero attached hydrogens (tertiary/aromatic N) is 2. The van der Waals surface area contributed by atoms with E-state index in [1.165, 1.54) is 54.6 Å². The molecule has 0 saturated carbocycles. The lowest BCUT2D eigenvalue weighted by Crippen LogP contribution is -1.98. The molecule has 10 aromatic rings. The molecular formula is C51H32N2. The Bertz CT molecular complexity index is 2960. The highest BCUT2D eigenvalue weighted by molar-refractivity contribution is 6.21. The van der Waals surface area contributed by atoms with Crippen molar-refractivity contribution < 1.29 is 0 Å². The standard InChI is InChI=1S/C51H32N2/c52-33-38-32-36(29-30-47(38)53-48-27-12-10-21-41(48)42-22-11-13-28-49(42)53)40-20-5-4-19-39(40)35-17-14-18-37(31-35)51-45-25-8-6-23-43(45)50(34-15-2-1-3-16-34)44-24-7-9-26-46(44)51/h1-32H. The van der Waals surface area contributed by atoms with Gasteiger partial charge in [0.1, 0.15) is 6.07 Å². The van der Waals surface area contributed by atoms with Crippen molar-refractivity contribution in [2.75, 3.05) is 0 Å². The highest BCUT2D eigenvalue weighted by Crippen LogP contribution is 2.45. The lowest BCUT2D eigenvalue weighted by molar-refractivity contribution is 1.17. The molecule has 10 rings (SSSR count). The molecule has 9 aromatic carbocycles. The molecule has 0 aliphatic rings. The summed E-state index contributed by atoms with van der Waals surface area (Å²) in [6.45, 7) is 0. The molecule has 0 bridgehead atoms. The molecule has 0 atom stereocenters. The molecule has 2 heteroatoms. The molecule has 0 radical (unpaired) electrons. The first-order valence-corrected chi connectivity index (χ1v) is 18.0. The predicted octanol–water partition coefficient (Wildman–Crippen LogP) is 13.6. The molecule has 0 fully saturated rings. The van der Waals surface area contributed by atoms with Gasteiger partial charge in [-0.2, -0.15) is 5.26 Å². The second-order valence-corrected chi connectivity index (χ2v) is 13.5. The van der Waals surface area contributed by atoms with Crippen LogP contribution in [0, 0.1) is 11.3 Å². The summed E-state index contributed by atoms with van der Waals surface area (Å²) in [5.74, 6) is 0. The van der Waals surface area contributed by atoms with Crippen molar-refractivity contribution in [3.63, 3.8) is 0 Å². The molecule has 2 nitrogen and oxygen atoms in total. The molecule has 53 heavy (non-hydrogen) atoms. The third kappa shape index (κ3) is 4.94. The van der Waals surface area contributed by atoms with E-state index in [0.29, 0.717) is 5.56 Å². The van der Waals surface area contributed by atoms with Gasteiger partial charge in [0.2, 0.25) is 0 Å². The summed E-state index contributed by atoms with van der Waals surface area (Å²) in [4.78, 5) is 0. The van der Waals surface area contributed by atoms with Gasteiger partial charge >= 0.3 is 0 Å². The zero-order valence-electron chi connectivity index (χ0n) is 28.9. The summed E-state index contributed by atoms with van der Waals surface area (Å²) in [5.41, 5.74) is 12.9. The fourth-order valence-electron chi connectivity index (χ4n) is 8.35. The Kier molecular flexibility index (Phi) is 7.23. The van der Waals surface area contributed by atoms with Gasteiger partial charge in [0, 0.05) is 10.8 Å². The monoisotopic (exact) mass is 672 g/mol. The summed E-state index contributed by atoms with van der Waals surface area (Å²) < 4.78 is 2.22. The van der Waals surface area contributed by atoms with Crippen molar-refractivity contribution in [1.82, 2.24) is 4.57 Å². The molecule has 0 N–H and O–H groups in total. The average Bonchev–Trinajstić information content (AvgIpc) is 3.57. The van der Waals surface area contributed by atoms with E-state index < -0.39 is 0 Å². The van der Waals surface area contributed by atoms with Crippen LogP contribution in [0.4, 0.5) is 0 Å². The van der Waals surface area contributed by atoms with E-state index in [1.807, 2.05) is 6.07 Å². The van der Waals surface area contributed by atoms with Gasteiger partial charge in [-0.15, -0.1) is 0 Å². The summed E-state index contributed by atoms with van der Waals surface area (Å²) in [6.07, 6.45) is 0. The zero-order valence-corrected chi connectivity index (χ0v) is 28.9. The van der Waals surface area contributed by atoms with Crippen molar-refractivity contribution >= 4 is 43.4 Å². The number of rotatable bonds is 5. The summed E-state index contributed by atoms with van der Waals surface area (Å²) in [6, 6.07) is 71.5. The lowest BCUT2D eigenvalue weighted by Gasteiger charge is -2.18. The fourth-order valence-corrected chi connectivity index (χ4v) is 8.35. The van der Waals surface area contributed by atoms with Gasteiger partial charge < -0.3 is 4.57 Å². The molecule has 246 valence electrons. The van der Waals surface area contributed by atoms with Crippen molar-refractivity contribution in [2.45, 2.75) is 0 Å². The molecule has 0 spiro atoms. The molecule has 0 aliphatic heterocycles. The van der Waals surface area contributed by atoms with Crippen LogP contribution in [0.25, 0.3) is 93.5 Å². The van der Waals surface area contributed by atoms with E-state index in [2.05, 4.69) is 199 Å². The van der Waals surface area contributed by atoms with Gasteiger partial charge in [0.15, 0.2) is 0 Å². The minimum Gasteiger partial charge on any atom is -0.308 e. The number of benzene rings is 9. The van der Waals surface area contributed by atoms with Gasteiger partial charge in [-0.05, 0) is 96.4 Å². The Morgan fingerprint density at radius 3 is 1.34 bits per heavy atom. The van der Waals surface area contributed by atoms with E-state index in [0.717, 1.165) is 39.0 Å². The van der Waals surface area contributed by atoms with Crippen molar-refractivity contribution in [1.29, 1.82) is 5.26 Å². The SMILES string of the molecule is N#Cc1cc(-c2ccccc2-c2cccc(-c3c4ccccc4c(-c4ccccc4)c4ccccc34)c2)ccc1-n1c2ccccc2c2ccccc21. The number of hydrogen-bond acceptors (Lipinski definition) is 1. The van der Waals surface area contributed by atoms with Crippen LogP contribution in [0.1, 0.15) is 5.56 Å². The normalized spacial score (nSPS) is 11.4. The van der Waals surface area contributed by atoms with E-state index in [9.17, 15) is 5.26 Å². The topological polar surface area (TPSA) is 28.7 Å². The van der Waals surface area contributed by atoms with Crippen molar-refractivity contribution in [2.24, 2.45) is 0 Å². The Morgan fingerprint density at radius 1 is 0.340 bits per heavy atom. The molecular weight excluding hydrogens is 641 g/mol. The summed E-state index contributed by atoms with van der Waals surface area (Å²) >= 11 is 0. The van der Waals surface area contributed by atoms with Crippen molar-refractivity contribution in [3.05, 3.63) is 200 Å². The van der Waals surface area contributed by atoms with Crippen LogP contribution in [0.3, 0.4) is 0 Å². The minimum absolute atomic E-state index is 0.633. The van der Waals surface area contributed by atoms with Crippen LogP contribution in [0.5, 0.6) is 0 Å². The largest absolute Gasteiger partial charge is 0.308 e. The second kappa shape index (κ2) is 12.5. The molecule has 0 amide bonds. The van der Waals surface area contributed by atoms with Gasteiger partial charge in [0.05, 0.1) is 22.3 Å². The van der Waals surface area contributed by atoms with Gasteiger partial charge in [-0.3, -0.25) is 0 Å². The first kappa shape index (κ1) is 30.6. The Hall–Kier alpha value is -7.21. The lowest BCUT2D eigenvalue weighted by atomic mass is 9.85. The van der Waals surface area contributed by atoms with Gasteiger partial charge in [-0.1, -0.05) is 164 Å². The van der Waals surface area contributed by atoms with E-state index in [1.54, 1.807) is 0 Å². The summed E-state index contributed by atoms with van der Waals surface area (Å²) in [7, 11) is 0. The maximum atomic E-state index is 10.6. The molecule has 0 aliphatic carbocycles. The van der Waals surface area contributed by atoms with Crippen LogP contribution in [0.15, 0.2) is 194 Å². The number of hydrogen-bond donors (Lipinski definition) is 0. The first-order chi connectivity index (χ1) is 26.3. The average molecular weight is 673 g/mol. The van der Waals surface area contributed by atoms with Crippen LogP contribution < -0.4 is 0 Å². The van der Waals surface area contributed by atoms with Crippen LogP contribution in [0.2, 0.25) is 0 Å². The Labute approximate surface area is 308 Å². The quantitative estimate of drug-likeness (QED) is 0.167.